The van der Waals surface area contributed by atoms with E-state index >= 15 is 0 Å². The lowest BCUT2D eigenvalue weighted by Crippen LogP contribution is -2.39. The fraction of sp³-hybridized carbons (Fsp3) is 0.846. The van der Waals surface area contributed by atoms with E-state index in [2.05, 4.69) is 10.6 Å². The number of aliphatic hydroxyl groups excluding tert-OH is 1. The molecule has 0 aromatic rings. The van der Waals surface area contributed by atoms with Crippen molar-refractivity contribution in [2.75, 3.05) is 13.2 Å². The number of carbonyl (C=O) groups is 2. The lowest BCUT2D eigenvalue weighted by atomic mass is 10.1. The van der Waals surface area contributed by atoms with Gasteiger partial charge in [-0.25, -0.2) is 0 Å². The van der Waals surface area contributed by atoms with E-state index in [0.717, 1.165) is 25.7 Å². The minimum absolute atomic E-state index is 0.0450. The van der Waals surface area contributed by atoms with Crippen LogP contribution >= 0.6 is 0 Å². The van der Waals surface area contributed by atoms with Crippen molar-refractivity contribution in [3.8, 4) is 0 Å². The van der Waals surface area contributed by atoms with E-state index in [1.807, 2.05) is 6.92 Å². The average molecular weight is 256 g/mol. The second kappa shape index (κ2) is 8.08. The first-order valence-corrected chi connectivity index (χ1v) is 6.85. The summed E-state index contributed by atoms with van der Waals surface area (Å²) in [5, 5.41) is 14.5. The van der Waals surface area contributed by atoms with Crippen LogP contribution in [0.2, 0.25) is 0 Å². The van der Waals surface area contributed by atoms with Crippen LogP contribution in [0, 0.1) is 5.92 Å². The van der Waals surface area contributed by atoms with Gasteiger partial charge in [0.2, 0.25) is 11.8 Å². The third-order valence-electron chi connectivity index (χ3n) is 3.46. The molecule has 18 heavy (non-hydrogen) atoms. The summed E-state index contributed by atoms with van der Waals surface area (Å²) in [5.74, 6) is 0.103. The Morgan fingerprint density at radius 1 is 1.33 bits per heavy atom. The fourth-order valence-corrected chi connectivity index (χ4v) is 2.21. The zero-order chi connectivity index (χ0) is 13.4. The number of hydrogen-bond donors (Lipinski definition) is 3. The summed E-state index contributed by atoms with van der Waals surface area (Å²) in [5.41, 5.74) is 0. The van der Waals surface area contributed by atoms with Crippen LogP contribution < -0.4 is 10.6 Å². The summed E-state index contributed by atoms with van der Waals surface area (Å²) in [6, 6.07) is -0.178. The van der Waals surface area contributed by atoms with E-state index in [4.69, 9.17) is 5.11 Å². The molecule has 0 bridgehead atoms. The van der Waals surface area contributed by atoms with Crippen molar-refractivity contribution in [3.05, 3.63) is 0 Å². The molecule has 0 aromatic heterocycles. The van der Waals surface area contributed by atoms with Crippen molar-refractivity contribution >= 4 is 11.8 Å². The van der Waals surface area contributed by atoms with E-state index in [0.29, 0.717) is 13.0 Å². The number of nitrogens with one attached hydrogen (secondary N) is 2. The highest BCUT2D eigenvalue weighted by atomic mass is 16.3. The van der Waals surface area contributed by atoms with Gasteiger partial charge in [-0.3, -0.25) is 9.59 Å². The van der Waals surface area contributed by atoms with Crippen molar-refractivity contribution in [1.82, 2.24) is 10.6 Å². The summed E-state index contributed by atoms with van der Waals surface area (Å²) < 4.78 is 0. The Morgan fingerprint density at radius 3 is 2.56 bits per heavy atom. The first-order valence-electron chi connectivity index (χ1n) is 6.85. The largest absolute Gasteiger partial charge is 0.394 e. The highest BCUT2D eigenvalue weighted by Crippen LogP contribution is 2.24. The SMILES string of the molecule is CC[C@H](CO)NC(=O)CCNC(=O)C1CCCC1. The maximum atomic E-state index is 11.7. The number of rotatable bonds is 7. The Morgan fingerprint density at radius 2 is 2.00 bits per heavy atom. The molecule has 1 aliphatic carbocycles. The molecule has 0 spiro atoms. The number of hydrogen-bond acceptors (Lipinski definition) is 3. The number of carbonyl (C=O) groups excluding carboxylic acids is 2. The van der Waals surface area contributed by atoms with E-state index in [1.54, 1.807) is 0 Å². The summed E-state index contributed by atoms with van der Waals surface area (Å²) in [6.45, 7) is 2.24. The molecule has 5 heteroatoms. The summed E-state index contributed by atoms with van der Waals surface area (Å²) in [6.07, 6.45) is 5.19. The minimum Gasteiger partial charge on any atom is -0.394 e. The summed E-state index contributed by atoms with van der Waals surface area (Å²) in [7, 11) is 0. The van der Waals surface area contributed by atoms with Gasteiger partial charge in [0.05, 0.1) is 12.6 Å². The molecule has 104 valence electrons. The van der Waals surface area contributed by atoms with Gasteiger partial charge in [0.15, 0.2) is 0 Å². The molecule has 1 saturated carbocycles. The van der Waals surface area contributed by atoms with E-state index < -0.39 is 0 Å². The van der Waals surface area contributed by atoms with Crippen LogP contribution in [0.15, 0.2) is 0 Å². The van der Waals surface area contributed by atoms with Gasteiger partial charge in [-0.2, -0.15) is 0 Å². The average Bonchev–Trinajstić information content (AvgIpc) is 2.89. The van der Waals surface area contributed by atoms with Crippen LogP contribution in [0.1, 0.15) is 45.4 Å². The molecule has 0 saturated heterocycles. The molecule has 0 aliphatic heterocycles. The van der Waals surface area contributed by atoms with Gasteiger partial charge in [0.1, 0.15) is 0 Å². The first kappa shape index (κ1) is 15.0. The van der Waals surface area contributed by atoms with Crippen molar-refractivity contribution in [2.45, 2.75) is 51.5 Å². The van der Waals surface area contributed by atoms with Crippen LogP contribution in [-0.2, 0) is 9.59 Å². The molecule has 5 nitrogen and oxygen atoms in total. The fourth-order valence-electron chi connectivity index (χ4n) is 2.21. The summed E-state index contributed by atoms with van der Waals surface area (Å²) >= 11 is 0. The minimum atomic E-state index is -0.178. The quantitative estimate of drug-likeness (QED) is 0.623. The second-order valence-electron chi connectivity index (χ2n) is 4.88. The Labute approximate surface area is 108 Å². The van der Waals surface area contributed by atoms with Crippen molar-refractivity contribution in [1.29, 1.82) is 0 Å². The Hall–Kier alpha value is -1.10. The van der Waals surface area contributed by atoms with Gasteiger partial charge in [-0.1, -0.05) is 19.8 Å². The Bertz CT molecular complexity index is 271. The van der Waals surface area contributed by atoms with Crippen LogP contribution in [0.5, 0.6) is 0 Å². The third-order valence-corrected chi connectivity index (χ3v) is 3.46. The molecular weight excluding hydrogens is 232 g/mol. The smallest absolute Gasteiger partial charge is 0.223 e. The standard InChI is InChI=1S/C13H24N2O3/c1-2-11(9-16)15-12(17)7-8-14-13(18)10-5-3-4-6-10/h10-11,16H,2-9H2,1H3,(H,14,18)(H,15,17)/t11-/m1/s1. The molecule has 1 aliphatic rings. The normalized spacial score (nSPS) is 17.4. The number of aliphatic hydroxyl groups is 1. The van der Waals surface area contributed by atoms with Crippen molar-refractivity contribution < 1.29 is 14.7 Å². The predicted molar refractivity (Wildman–Crippen MR) is 68.9 cm³/mol. The molecule has 1 fully saturated rings. The van der Waals surface area contributed by atoms with Crippen LogP contribution in [-0.4, -0.2) is 36.1 Å². The van der Waals surface area contributed by atoms with Crippen molar-refractivity contribution in [2.24, 2.45) is 5.92 Å². The monoisotopic (exact) mass is 256 g/mol. The van der Waals surface area contributed by atoms with Gasteiger partial charge in [0, 0.05) is 18.9 Å². The zero-order valence-electron chi connectivity index (χ0n) is 11.1. The van der Waals surface area contributed by atoms with Crippen LogP contribution in [0.3, 0.4) is 0 Å². The lowest BCUT2D eigenvalue weighted by molar-refractivity contribution is -0.125. The van der Waals surface area contributed by atoms with Gasteiger partial charge in [-0.05, 0) is 19.3 Å². The van der Waals surface area contributed by atoms with Gasteiger partial charge < -0.3 is 15.7 Å². The third kappa shape index (κ3) is 5.04. The maximum Gasteiger partial charge on any atom is 0.223 e. The molecular formula is C13H24N2O3. The highest BCUT2D eigenvalue weighted by Gasteiger charge is 2.22. The second-order valence-corrected chi connectivity index (χ2v) is 4.88. The van der Waals surface area contributed by atoms with E-state index in [-0.39, 0.29) is 36.8 Å². The lowest BCUT2D eigenvalue weighted by Gasteiger charge is -2.14. The maximum absolute atomic E-state index is 11.7. The molecule has 0 radical (unpaired) electrons. The zero-order valence-corrected chi connectivity index (χ0v) is 11.1. The van der Waals surface area contributed by atoms with Crippen LogP contribution in [0.25, 0.3) is 0 Å². The molecule has 1 rings (SSSR count). The van der Waals surface area contributed by atoms with Crippen LogP contribution in [0.4, 0.5) is 0 Å². The van der Waals surface area contributed by atoms with Gasteiger partial charge in [-0.15, -0.1) is 0 Å². The Kier molecular flexibility index (Phi) is 6.72. The van der Waals surface area contributed by atoms with Gasteiger partial charge >= 0.3 is 0 Å². The first-order chi connectivity index (χ1) is 8.67. The number of amides is 2. The van der Waals surface area contributed by atoms with Gasteiger partial charge in [0.25, 0.3) is 0 Å². The predicted octanol–water partition coefficient (Wildman–Crippen LogP) is 0.570. The van der Waals surface area contributed by atoms with Crippen molar-refractivity contribution in [3.63, 3.8) is 0 Å². The molecule has 0 aromatic carbocycles. The highest BCUT2D eigenvalue weighted by molar-refractivity contribution is 5.80. The van der Waals surface area contributed by atoms with E-state index in [1.165, 1.54) is 0 Å². The molecule has 0 heterocycles. The van der Waals surface area contributed by atoms with E-state index in [9.17, 15) is 9.59 Å². The Balaban J connectivity index is 2.12. The topological polar surface area (TPSA) is 78.4 Å². The molecule has 1 atom stereocenters. The molecule has 0 unspecified atom stereocenters. The summed E-state index contributed by atoms with van der Waals surface area (Å²) in [4.78, 5) is 23.2. The molecule has 2 amide bonds. The molecule has 3 N–H and O–H groups in total.